The van der Waals surface area contributed by atoms with Crippen LogP contribution in [0.5, 0.6) is 0 Å². The number of pyridine rings is 2. The van der Waals surface area contributed by atoms with E-state index in [0.29, 0.717) is 0 Å². The largest absolute Gasteiger partial charge is 0.306 e. The molecule has 0 aliphatic heterocycles. The van der Waals surface area contributed by atoms with E-state index in [0.717, 1.165) is 22.7 Å². The van der Waals surface area contributed by atoms with Crippen LogP contribution in [-0.2, 0) is 0 Å². The molecule has 17 heavy (non-hydrogen) atoms. The van der Waals surface area contributed by atoms with Crippen LogP contribution in [0.2, 0.25) is 0 Å². The van der Waals surface area contributed by atoms with Crippen LogP contribution < -0.4 is 0 Å². The average molecular weight is 223 g/mol. The van der Waals surface area contributed by atoms with Gasteiger partial charge in [0.2, 0.25) is 0 Å². The van der Waals surface area contributed by atoms with Gasteiger partial charge in [-0.15, -0.1) is 0 Å². The van der Waals surface area contributed by atoms with Gasteiger partial charge >= 0.3 is 0 Å². The molecule has 0 N–H and O–H groups in total. The second kappa shape index (κ2) is 3.70. The molecule has 0 aromatic carbocycles. The molecule has 0 amide bonds. The number of rotatable bonds is 1. The van der Waals surface area contributed by atoms with Gasteiger partial charge in [0.05, 0.1) is 5.69 Å². The Morgan fingerprint density at radius 2 is 1.82 bits per heavy atom. The fourth-order valence-corrected chi connectivity index (χ4v) is 1.96. The summed E-state index contributed by atoms with van der Waals surface area (Å²) in [5.74, 6) is 0. The highest BCUT2D eigenvalue weighted by Crippen LogP contribution is 2.18. The Labute approximate surface area is 99.8 Å². The third-order valence-electron chi connectivity index (χ3n) is 2.83. The molecule has 3 rings (SSSR count). The molecule has 0 spiro atoms. The SMILES string of the molecule is Cc1cccc(-c2cn3cccc(C)c3n2)n1. The zero-order valence-electron chi connectivity index (χ0n) is 9.88. The highest BCUT2D eigenvalue weighted by atomic mass is 15.0. The van der Waals surface area contributed by atoms with E-state index in [4.69, 9.17) is 0 Å². The van der Waals surface area contributed by atoms with E-state index in [1.165, 1.54) is 5.56 Å². The van der Waals surface area contributed by atoms with Crippen molar-refractivity contribution < 1.29 is 0 Å². The predicted octanol–water partition coefficient (Wildman–Crippen LogP) is 3.01. The van der Waals surface area contributed by atoms with Crippen molar-refractivity contribution in [1.82, 2.24) is 14.4 Å². The van der Waals surface area contributed by atoms with E-state index in [1.54, 1.807) is 0 Å². The van der Waals surface area contributed by atoms with E-state index in [-0.39, 0.29) is 0 Å². The zero-order valence-corrected chi connectivity index (χ0v) is 9.88. The van der Waals surface area contributed by atoms with Crippen molar-refractivity contribution in [3.05, 3.63) is 54.0 Å². The van der Waals surface area contributed by atoms with Crippen molar-refractivity contribution in [3.63, 3.8) is 0 Å². The van der Waals surface area contributed by atoms with Gasteiger partial charge in [-0.2, -0.15) is 0 Å². The van der Waals surface area contributed by atoms with Gasteiger partial charge in [0.15, 0.2) is 0 Å². The Morgan fingerprint density at radius 1 is 0.941 bits per heavy atom. The molecular weight excluding hydrogens is 210 g/mol. The molecule has 0 bridgehead atoms. The first-order valence-electron chi connectivity index (χ1n) is 5.62. The number of imidazole rings is 1. The maximum Gasteiger partial charge on any atom is 0.140 e. The lowest BCUT2D eigenvalue weighted by atomic mass is 10.2. The average Bonchev–Trinajstić information content (AvgIpc) is 2.74. The Kier molecular flexibility index (Phi) is 2.18. The Hall–Kier alpha value is -2.16. The summed E-state index contributed by atoms with van der Waals surface area (Å²) in [5, 5.41) is 0. The Balaban J connectivity index is 2.22. The number of aryl methyl sites for hydroxylation is 2. The maximum atomic E-state index is 4.62. The Bertz CT molecular complexity index is 683. The third kappa shape index (κ3) is 1.69. The molecule has 0 saturated heterocycles. The van der Waals surface area contributed by atoms with Crippen LogP contribution in [0.25, 0.3) is 17.0 Å². The smallest absolute Gasteiger partial charge is 0.140 e. The van der Waals surface area contributed by atoms with Gasteiger partial charge in [-0.05, 0) is 37.6 Å². The fourth-order valence-electron chi connectivity index (χ4n) is 1.96. The molecule has 3 heteroatoms. The van der Waals surface area contributed by atoms with E-state index in [2.05, 4.69) is 23.0 Å². The summed E-state index contributed by atoms with van der Waals surface area (Å²) in [6, 6.07) is 10.1. The predicted molar refractivity (Wildman–Crippen MR) is 67.9 cm³/mol. The summed E-state index contributed by atoms with van der Waals surface area (Å²) in [7, 11) is 0. The molecule has 3 nitrogen and oxygen atoms in total. The van der Waals surface area contributed by atoms with Gasteiger partial charge < -0.3 is 4.40 Å². The second-order valence-corrected chi connectivity index (χ2v) is 4.21. The second-order valence-electron chi connectivity index (χ2n) is 4.21. The van der Waals surface area contributed by atoms with Gasteiger partial charge in [0.1, 0.15) is 11.3 Å². The van der Waals surface area contributed by atoms with E-state index >= 15 is 0 Å². The van der Waals surface area contributed by atoms with Crippen LogP contribution >= 0.6 is 0 Å². The molecule has 84 valence electrons. The first kappa shape index (κ1) is 10.0. The minimum absolute atomic E-state index is 0.919. The van der Waals surface area contributed by atoms with Gasteiger partial charge in [-0.1, -0.05) is 12.1 Å². The van der Waals surface area contributed by atoms with E-state index < -0.39 is 0 Å². The van der Waals surface area contributed by atoms with Crippen molar-refractivity contribution >= 4 is 5.65 Å². The van der Waals surface area contributed by atoms with Crippen molar-refractivity contribution in [2.45, 2.75) is 13.8 Å². The van der Waals surface area contributed by atoms with Gasteiger partial charge in [-0.25, -0.2) is 4.98 Å². The summed E-state index contributed by atoms with van der Waals surface area (Å²) in [6.07, 6.45) is 4.03. The molecule has 3 aromatic rings. The lowest BCUT2D eigenvalue weighted by Crippen LogP contribution is -1.85. The summed E-state index contributed by atoms with van der Waals surface area (Å²) in [4.78, 5) is 9.12. The molecular formula is C14H13N3. The molecule has 0 saturated carbocycles. The summed E-state index contributed by atoms with van der Waals surface area (Å²) in [6.45, 7) is 4.06. The normalized spacial score (nSPS) is 10.9. The number of hydrogen-bond donors (Lipinski definition) is 0. The van der Waals surface area contributed by atoms with E-state index in [9.17, 15) is 0 Å². The quantitative estimate of drug-likeness (QED) is 0.634. The van der Waals surface area contributed by atoms with Crippen molar-refractivity contribution in [1.29, 1.82) is 0 Å². The molecule has 0 radical (unpaired) electrons. The van der Waals surface area contributed by atoms with Gasteiger partial charge in [0, 0.05) is 18.1 Å². The topological polar surface area (TPSA) is 30.2 Å². The first-order chi connectivity index (χ1) is 8.24. The lowest BCUT2D eigenvalue weighted by molar-refractivity contribution is 1.16. The van der Waals surface area contributed by atoms with Crippen LogP contribution in [0.1, 0.15) is 11.3 Å². The summed E-state index contributed by atoms with van der Waals surface area (Å²) < 4.78 is 2.04. The summed E-state index contributed by atoms with van der Waals surface area (Å²) >= 11 is 0. The lowest BCUT2D eigenvalue weighted by Gasteiger charge is -1.96. The van der Waals surface area contributed by atoms with Crippen LogP contribution in [-0.4, -0.2) is 14.4 Å². The van der Waals surface area contributed by atoms with Crippen LogP contribution in [0.4, 0.5) is 0 Å². The molecule has 0 aliphatic carbocycles. The third-order valence-corrected chi connectivity index (χ3v) is 2.83. The molecule has 0 aliphatic rings. The molecule has 3 aromatic heterocycles. The standard InChI is InChI=1S/C14H13N3/c1-10-5-4-8-17-9-13(16-14(10)17)12-7-3-6-11(2)15-12/h3-9H,1-2H3. The number of fused-ring (bicyclic) bond motifs is 1. The highest BCUT2D eigenvalue weighted by Gasteiger charge is 2.06. The molecule has 0 fully saturated rings. The minimum Gasteiger partial charge on any atom is -0.306 e. The van der Waals surface area contributed by atoms with Crippen molar-refractivity contribution in [2.24, 2.45) is 0 Å². The summed E-state index contributed by atoms with van der Waals surface area (Å²) in [5.41, 5.74) is 5.02. The monoisotopic (exact) mass is 223 g/mol. The first-order valence-corrected chi connectivity index (χ1v) is 5.62. The molecule has 0 atom stereocenters. The van der Waals surface area contributed by atoms with Gasteiger partial charge in [0.25, 0.3) is 0 Å². The van der Waals surface area contributed by atoms with Crippen LogP contribution in [0.3, 0.4) is 0 Å². The van der Waals surface area contributed by atoms with Crippen LogP contribution in [0, 0.1) is 13.8 Å². The number of hydrogen-bond acceptors (Lipinski definition) is 2. The molecule has 0 unspecified atom stereocenters. The maximum absolute atomic E-state index is 4.62. The fraction of sp³-hybridized carbons (Fsp3) is 0.143. The van der Waals surface area contributed by atoms with E-state index in [1.807, 2.05) is 48.0 Å². The number of nitrogens with zero attached hydrogens (tertiary/aromatic N) is 3. The Morgan fingerprint density at radius 3 is 2.59 bits per heavy atom. The minimum atomic E-state index is 0.919. The van der Waals surface area contributed by atoms with Crippen molar-refractivity contribution in [2.75, 3.05) is 0 Å². The van der Waals surface area contributed by atoms with Crippen LogP contribution in [0.15, 0.2) is 42.7 Å². The molecule has 3 heterocycles. The van der Waals surface area contributed by atoms with Crippen molar-refractivity contribution in [3.8, 4) is 11.4 Å². The number of aromatic nitrogens is 3. The zero-order chi connectivity index (χ0) is 11.8. The van der Waals surface area contributed by atoms with Gasteiger partial charge in [-0.3, -0.25) is 4.98 Å². The highest BCUT2D eigenvalue weighted by molar-refractivity contribution is 5.61.